The number of hydrogen-bond acceptors (Lipinski definition) is 2. The van der Waals surface area contributed by atoms with Gasteiger partial charge in [0.25, 0.3) is 0 Å². The summed E-state index contributed by atoms with van der Waals surface area (Å²) in [6.45, 7) is 8.49. The molecule has 0 aromatic carbocycles. The van der Waals surface area contributed by atoms with Gasteiger partial charge in [-0.05, 0) is 63.5 Å². The van der Waals surface area contributed by atoms with Crippen LogP contribution in [0.15, 0.2) is 0 Å². The predicted molar refractivity (Wildman–Crippen MR) is 81.6 cm³/mol. The Morgan fingerprint density at radius 3 is 2.63 bits per heavy atom. The van der Waals surface area contributed by atoms with E-state index in [1.165, 1.54) is 25.7 Å². The molecular formula is C15H29ClN2O. The maximum Gasteiger partial charge on any atom is 0.222 e. The first-order valence-electron chi connectivity index (χ1n) is 7.69. The lowest BCUT2D eigenvalue weighted by Crippen LogP contribution is -2.37. The van der Waals surface area contributed by atoms with Gasteiger partial charge in [0.1, 0.15) is 0 Å². The summed E-state index contributed by atoms with van der Waals surface area (Å²) in [6.07, 6.45) is 5.95. The molecule has 2 fully saturated rings. The van der Waals surface area contributed by atoms with Gasteiger partial charge in [0.2, 0.25) is 5.91 Å². The molecule has 1 N–H and O–H groups in total. The van der Waals surface area contributed by atoms with Gasteiger partial charge < -0.3 is 10.2 Å². The maximum atomic E-state index is 12.3. The first-order chi connectivity index (χ1) is 8.70. The molecule has 0 bridgehead atoms. The standard InChI is InChI=1S/C15H28N2O.ClH/c1-3-17(11-13-6-7-13)15(18)9-12(2)14-5-4-8-16-10-14;/h12-14,16H,3-11H2,1-2H3;1H. The van der Waals surface area contributed by atoms with Crippen molar-refractivity contribution in [1.29, 1.82) is 0 Å². The van der Waals surface area contributed by atoms with Crippen LogP contribution in [0, 0.1) is 17.8 Å². The average molecular weight is 289 g/mol. The molecular weight excluding hydrogens is 260 g/mol. The van der Waals surface area contributed by atoms with E-state index in [0.29, 0.717) is 17.7 Å². The SMILES string of the molecule is CCN(CC1CC1)C(=O)CC(C)C1CCCNC1.Cl. The summed E-state index contributed by atoms with van der Waals surface area (Å²) in [5, 5.41) is 3.45. The fourth-order valence-electron chi connectivity index (χ4n) is 2.96. The number of nitrogens with zero attached hydrogens (tertiary/aromatic N) is 1. The Labute approximate surface area is 123 Å². The van der Waals surface area contributed by atoms with Crippen LogP contribution in [0.2, 0.25) is 0 Å². The van der Waals surface area contributed by atoms with Crippen molar-refractivity contribution < 1.29 is 4.79 Å². The van der Waals surface area contributed by atoms with E-state index in [9.17, 15) is 4.79 Å². The summed E-state index contributed by atoms with van der Waals surface area (Å²) in [6, 6.07) is 0. The summed E-state index contributed by atoms with van der Waals surface area (Å²) in [5.74, 6) is 2.41. The van der Waals surface area contributed by atoms with Crippen molar-refractivity contribution in [2.24, 2.45) is 17.8 Å². The van der Waals surface area contributed by atoms with Gasteiger partial charge in [0, 0.05) is 19.5 Å². The van der Waals surface area contributed by atoms with Gasteiger partial charge in [-0.3, -0.25) is 4.79 Å². The minimum absolute atomic E-state index is 0. The van der Waals surface area contributed by atoms with Crippen molar-refractivity contribution in [3.63, 3.8) is 0 Å². The molecule has 4 heteroatoms. The van der Waals surface area contributed by atoms with Gasteiger partial charge in [-0.15, -0.1) is 12.4 Å². The molecule has 2 aliphatic rings. The third-order valence-corrected chi connectivity index (χ3v) is 4.55. The number of nitrogens with one attached hydrogen (secondary N) is 1. The lowest BCUT2D eigenvalue weighted by molar-refractivity contribution is -0.132. The van der Waals surface area contributed by atoms with E-state index in [4.69, 9.17) is 0 Å². The minimum atomic E-state index is 0. The average Bonchev–Trinajstić information content (AvgIpc) is 3.20. The van der Waals surface area contributed by atoms with Gasteiger partial charge in [-0.2, -0.15) is 0 Å². The molecule has 2 unspecified atom stereocenters. The third-order valence-electron chi connectivity index (χ3n) is 4.55. The smallest absolute Gasteiger partial charge is 0.222 e. The number of piperidine rings is 1. The highest BCUT2D eigenvalue weighted by Gasteiger charge is 2.28. The van der Waals surface area contributed by atoms with Crippen LogP contribution in [-0.4, -0.2) is 37.0 Å². The van der Waals surface area contributed by atoms with Gasteiger partial charge in [0.05, 0.1) is 0 Å². The van der Waals surface area contributed by atoms with Gasteiger partial charge in [-0.1, -0.05) is 6.92 Å². The second-order valence-electron chi connectivity index (χ2n) is 6.16. The fraction of sp³-hybridized carbons (Fsp3) is 0.933. The highest BCUT2D eigenvalue weighted by Crippen LogP contribution is 2.30. The highest BCUT2D eigenvalue weighted by atomic mass is 35.5. The lowest BCUT2D eigenvalue weighted by atomic mass is 9.85. The van der Waals surface area contributed by atoms with Crippen LogP contribution < -0.4 is 5.32 Å². The Morgan fingerprint density at radius 2 is 2.11 bits per heavy atom. The molecule has 2 rings (SSSR count). The first-order valence-corrected chi connectivity index (χ1v) is 7.69. The number of amides is 1. The van der Waals surface area contributed by atoms with Crippen LogP contribution in [0.5, 0.6) is 0 Å². The zero-order valence-corrected chi connectivity index (χ0v) is 13.2. The molecule has 2 atom stereocenters. The maximum absolute atomic E-state index is 12.3. The molecule has 1 aliphatic heterocycles. The quantitative estimate of drug-likeness (QED) is 0.815. The molecule has 0 aromatic heterocycles. The summed E-state index contributed by atoms with van der Waals surface area (Å²) in [7, 11) is 0. The van der Waals surface area contributed by atoms with E-state index in [-0.39, 0.29) is 12.4 Å². The van der Waals surface area contributed by atoms with E-state index in [1.807, 2.05) is 0 Å². The van der Waals surface area contributed by atoms with Crippen molar-refractivity contribution in [2.45, 2.75) is 46.0 Å². The van der Waals surface area contributed by atoms with E-state index >= 15 is 0 Å². The van der Waals surface area contributed by atoms with Crippen LogP contribution in [0.1, 0.15) is 46.0 Å². The van der Waals surface area contributed by atoms with Crippen molar-refractivity contribution in [1.82, 2.24) is 10.2 Å². The molecule has 0 radical (unpaired) electrons. The second-order valence-corrected chi connectivity index (χ2v) is 6.16. The third kappa shape index (κ3) is 5.31. The van der Waals surface area contributed by atoms with Crippen LogP contribution in [0.25, 0.3) is 0 Å². The Balaban J connectivity index is 0.00000180. The van der Waals surface area contributed by atoms with Crippen molar-refractivity contribution in [3.8, 4) is 0 Å². The first kappa shape index (κ1) is 16.8. The lowest BCUT2D eigenvalue weighted by Gasteiger charge is -2.30. The monoisotopic (exact) mass is 288 g/mol. The molecule has 1 aliphatic carbocycles. The molecule has 112 valence electrons. The largest absolute Gasteiger partial charge is 0.343 e. The molecule has 3 nitrogen and oxygen atoms in total. The van der Waals surface area contributed by atoms with Crippen molar-refractivity contribution in [3.05, 3.63) is 0 Å². The molecule has 0 aromatic rings. The highest BCUT2D eigenvalue weighted by molar-refractivity contribution is 5.85. The van der Waals surface area contributed by atoms with Gasteiger partial charge in [0.15, 0.2) is 0 Å². The van der Waals surface area contributed by atoms with Crippen LogP contribution in [0.3, 0.4) is 0 Å². The topological polar surface area (TPSA) is 32.3 Å². The fourth-order valence-corrected chi connectivity index (χ4v) is 2.96. The Kier molecular flexibility index (Phi) is 7.16. The molecule has 1 saturated heterocycles. The van der Waals surface area contributed by atoms with E-state index < -0.39 is 0 Å². The number of carbonyl (C=O) groups is 1. The zero-order valence-electron chi connectivity index (χ0n) is 12.4. The molecule has 0 spiro atoms. The van der Waals surface area contributed by atoms with Gasteiger partial charge >= 0.3 is 0 Å². The molecule has 19 heavy (non-hydrogen) atoms. The van der Waals surface area contributed by atoms with E-state index in [2.05, 4.69) is 24.1 Å². The minimum Gasteiger partial charge on any atom is -0.343 e. The van der Waals surface area contributed by atoms with E-state index in [0.717, 1.165) is 38.5 Å². The number of rotatable bonds is 6. The normalized spacial score (nSPS) is 24.4. The predicted octanol–water partition coefficient (Wildman–Crippen LogP) is 2.69. The summed E-state index contributed by atoms with van der Waals surface area (Å²) in [4.78, 5) is 14.4. The van der Waals surface area contributed by atoms with Gasteiger partial charge in [-0.25, -0.2) is 0 Å². The number of halogens is 1. The second kappa shape index (κ2) is 8.11. The van der Waals surface area contributed by atoms with Crippen LogP contribution >= 0.6 is 12.4 Å². The van der Waals surface area contributed by atoms with Crippen LogP contribution in [0.4, 0.5) is 0 Å². The van der Waals surface area contributed by atoms with E-state index in [1.54, 1.807) is 0 Å². The summed E-state index contributed by atoms with van der Waals surface area (Å²) < 4.78 is 0. The Morgan fingerprint density at radius 1 is 1.37 bits per heavy atom. The summed E-state index contributed by atoms with van der Waals surface area (Å²) >= 11 is 0. The van der Waals surface area contributed by atoms with Crippen LogP contribution in [-0.2, 0) is 4.79 Å². The molecule has 1 amide bonds. The molecule has 1 heterocycles. The Bertz CT molecular complexity index is 275. The van der Waals surface area contributed by atoms with Crippen molar-refractivity contribution >= 4 is 18.3 Å². The summed E-state index contributed by atoms with van der Waals surface area (Å²) in [5.41, 5.74) is 0. The Hall–Kier alpha value is -0.280. The zero-order chi connectivity index (χ0) is 13.0. The number of hydrogen-bond donors (Lipinski definition) is 1. The number of carbonyl (C=O) groups excluding carboxylic acids is 1. The van der Waals surface area contributed by atoms with Crippen molar-refractivity contribution in [2.75, 3.05) is 26.2 Å². The molecule has 1 saturated carbocycles.